The number of hydrogen-bond donors (Lipinski definition) is 0. The largest absolute Gasteiger partial charge is 0.339 e. The Morgan fingerprint density at radius 3 is 1.39 bits per heavy atom. The van der Waals surface area contributed by atoms with E-state index in [1.807, 2.05) is 37.5 Å². The molecule has 1 saturated carbocycles. The van der Waals surface area contributed by atoms with Crippen LogP contribution in [-0.4, -0.2) is 47.8 Å². The monoisotopic (exact) mass is 320 g/mol. The summed E-state index contributed by atoms with van der Waals surface area (Å²) in [5, 5.41) is 0. The molecule has 0 aromatic heterocycles. The van der Waals surface area contributed by atoms with E-state index >= 15 is 0 Å². The number of nitrogens with zero attached hydrogens (tertiary/aromatic N) is 2. The van der Waals surface area contributed by atoms with Crippen molar-refractivity contribution in [1.82, 2.24) is 9.80 Å². The summed E-state index contributed by atoms with van der Waals surface area (Å²) in [6, 6.07) is 0. The van der Waals surface area contributed by atoms with Crippen LogP contribution < -0.4 is 0 Å². The minimum Gasteiger partial charge on any atom is -0.339 e. The quantitative estimate of drug-likeness (QED) is 0.754. The van der Waals surface area contributed by atoms with Gasteiger partial charge in [-0.2, -0.15) is 0 Å². The number of carbonyl (C=O) groups excluding carboxylic acids is 2. The molecule has 0 aliphatic heterocycles. The van der Waals surface area contributed by atoms with Gasteiger partial charge >= 0.3 is 0 Å². The average molecular weight is 320 g/mol. The molecule has 1 fully saturated rings. The number of amides is 2. The van der Waals surface area contributed by atoms with Crippen molar-refractivity contribution >= 4 is 11.8 Å². The van der Waals surface area contributed by atoms with E-state index in [9.17, 15) is 9.59 Å². The summed E-state index contributed by atoms with van der Waals surface area (Å²) in [5.41, 5.74) is 1.68. The molecule has 0 radical (unpaired) electrons. The lowest BCUT2D eigenvalue weighted by Gasteiger charge is -2.27. The van der Waals surface area contributed by atoms with E-state index in [-0.39, 0.29) is 29.1 Å². The molecule has 23 heavy (non-hydrogen) atoms. The third-order valence-electron chi connectivity index (χ3n) is 6.09. The smallest absolute Gasteiger partial charge is 0.250 e. The molecule has 0 aromatic carbocycles. The van der Waals surface area contributed by atoms with Gasteiger partial charge in [0.15, 0.2) is 0 Å². The zero-order valence-corrected chi connectivity index (χ0v) is 15.6. The van der Waals surface area contributed by atoms with Gasteiger partial charge in [0, 0.05) is 37.3 Å². The van der Waals surface area contributed by atoms with Crippen LogP contribution in [0.1, 0.15) is 54.4 Å². The highest BCUT2D eigenvalue weighted by atomic mass is 16.2. The van der Waals surface area contributed by atoms with Crippen LogP contribution in [0, 0.1) is 17.3 Å². The fraction of sp³-hybridized carbons (Fsp3) is 0.789. The van der Waals surface area contributed by atoms with Crippen LogP contribution >= 0.6 is 0 Å². The standard InChI is InChI=1S/C19H32N2O2/c1-7-20(8-2)17(22)15-13-11-12-14(19(13,5)6)16(15)18(23)21(9-3)10-4/h13-14H,7-12H2,1-6H3. The second kappa shape index (κ2) is 6.66. The molecule has 4 nitrogen and oxygen atoms in total. The predicted molar refractivity (Wildman–Crippen MR) is 92.9 cm³/mol. The summed E-state index contributed by atoms with van der Waals surface area (Å²) in [7, 11) is 0. The second-order valence-corrected chi connectivity index (χ2v) is 7.29. The van der Waals surface area contributed by atoms with Gasteiger partial charge in [-0.15, -0.1) is 0 Å². The van der Waals surface area contributed by atoms with Gasteiger partial charge in [0.25, 0.3) is 11.8 Å². The Morgan fingerprint density at radius 2 is 1.13 bits per heavy atom. The van der Waals surface area contributed by atoms with E-state index < -0.39 is 0 Å². The Bertz CT molecular complexity index is 469. The maximum Gasteiger partial charge on any atom is 0.250 e. The number of hydrogen-bond acceptors (Lipinski definition) is 2. The Hall–Kier alpha value is -1.32. The van der Waals surface area contributed by atoms with Gasteiger partial charge in [0.1, 0.15) is 0 Å². The summed E-state index contributed by atoms with van der Waals surface area (Å²) >= 11 is 0. The van der Waals surface area contributed by atoms with E-state index in [2.05, 4.69) is 13.8 Å². The SMILES string of the molecule is CCN(CC)C(=O)C1=C(C(=O)N(CC)CC)C2CCC1C2(C)C. The average Bonchev–Trinajstić information content (AvgIpc) is 2.95. The van der Waals surface area contributed by atoms with Crippen molar-refractivity contribution < 1.29 is 9.59 Å². The molecule has 0 spiro atoms. The van der Waals surface area contributed by atoms with E-state index in [0.29, 0.717) is 26.2 Å². The fourth-order valence-electron chi connectivity index (χ4n) is 4.62. The molecular formula is C19H32N2O2. The first-order chi connectivity index (χ1) is 10.8. The van der Waals surface area contributed by atoms with Crippen LogP contribution in [0.2, 0.25) is 0 Å². The number of carbonyl (C=O) groups is 2. The van der Waals surface area contributed by atoms with Crippen LogP contribution in [0.5, 0.6) is 0 Å². The van der Waals surface area contributed by atoms with Crippen LogP contribution in [0.15, 0.2) is 11.1 Å². The van der Waals surface area contributed by atoms with E-state index in [0.717, 1.165) is 24.0 Å². The minimum absolute atomic E-state index is 0.0241. The normalized spacial score (nSPS) is 25.0. The molecule has 0 aromatic rings. The molecule has 0 heterocycles. The maximum absolute atomic E-state index is 13.1. The number of rotatable bonds is 6. The summed E-state index contributed by atoms with van der Waals surface area (Å²) in [6.07, 6.45) is 2.07. The van der Waals surface area contributed by atoms with Crippen LogP contribution in [0.25, 0.3) is 0 Å². The molecule has 2 atom stereocenters. The first-order valence-electron chi connectivity index (χ1n) is 9.17. The Balaban J connectivity index is 2.50. The summed E-state index contributed by atoms with van der Waals surface area (Å²) < 4.78 is 0. The molecule has 2 unspecified atom stereocenters. The van der Waals surface area contributed by atoms with Crippen LogP contribution in [-0.2, 0) is 9.59 Å². The molecule has 130 valence electrons. The van der Waals surface area contributed by atoms with Crippen molar-refractivity contribution in [2.75, 3.05) is 26.2 Å². The molecule has 0 saturated heterocycles. The van der Waals surface area contributed by atoms with E-state index in [1.54, 1.807) is 0 Å². The molecular weight excluding hydrogens is 288 g/mol. The fourth-order valence-corrected chi connectivity index (χ4v) is 4.62. The number of fused-ring (bicyclic) bond motifs is 2. The highest BCUT2D eigenvalue weighted by Gasteiger charge is 2.57. The lowest BCUT2D eigenvalue weighted by molar-refractivity contribution is -0.130. The Morgan fingerprint density at radius 1 is 0.826 bits per heavy atom. The van der Waals surface area contributed by atoms with E-state index in [4.69, 9.17) is 0 Å². The third-order valence-corrected chi connectivity index (χ3v) is 6.09. The van der Waals surface area contributed by atoms with Crippen LogP contribution in [0.3, 0.4) is 0 Å². The highest BCUT2D eigenvalue weighted by Crippen LogP contribution is 2.60. The van der Waals surface area contributed by atoms with Crippen molar-refractivity contribution in [3.05, 3.63) is 11.1 Å². The summed E-state index contributed by atoms with van der Waals surface area (Å²) in [5.74, 6) is 0.641. The zero-order valence-electron chi connectivity index (χ0n) is 15.6. The van der Waals surface area contributed by atoms with Crippen molar-refractivity contribution in [3.8, 4) is 0 Å². The maximum atomic E-state index is 13.1. The summed E-state index contributed by atoms with van der Waals surface area (Å²) in [4.78, 5) is 29.9. The van der Waals surface area contributed by atoms with Gasteiger partial charge in [-0.1, -0.05) is 13.8 Å². The molecule has 2 aliphatic rings. The first kappa shape index (κ1) is 18.0. The number of likely N-dealkylation sites (N-methyl/N-ethyl adjacent to an activating group) is 2. The highest BCUT2D eigenvalue weighted by molar-refractivity contribution is 6.07. The van der Waals surface area contributed by atoms with Gasteiger partial charge in [-0.25, -0.2) is 0 Å². The van der Waals surface area contributed by atoms with E-state index in [1.165, 1.54) is 0 Å². The lowest BCUT2D eigenvalue weighted by Crippen LogP contribution is -2.38. The third kappa shape index (κ3) is 2.70. The Kier molecular flexibility index (Phi) is 5.22. The van der Waals surface area contributed by atoms with Crippen LogP contribution in [0.4, 0.5) is 0 Å². The van der Waals surface area contributed by atoms with Gasteiger partial charge < -0.3 is 9.80 Å². The molecule has 2 amide bonds. The topological polar surface area (TPSA) is 40.6 Å². The Labute approximate surface area is 140 Å². The second-order valence-electron chi connectivity index (χ2n) is 7.29. The predicted octanol–water partition coefficient (Wildman–Crippen LogP) is 3.09. The molecule has 4 heteroatoms. The lowest BCUT2D eigenvalue weighted by atomic mass is 9.78. The first-order valence-corrected chi connectivity index (χ1v) is 9.17. The van der Waals surface area contributed by atoms with Gasteiger partial charge in [-0.3, -0.25) is 9.59 Å². The summed E-state index contributed by atoms with van der Waals surface area (Å²) in [6.45, 7) is 15.3. The zero-order chi connectivity index (χ0) is 17.4. The molecule has 2 aliphatic carbocycles. The minimum atomic E-state index is 0.0241. The van der Waals surface area contributed by atoms with Gasteiger partial charge in [-0.05, 0) is 57.8 Å². The van der Waals surface area contributed by atoms with Crippen molar-refractivity contribution in [2.24, 2.45) is 17.3 Å². The van der Waals surface area contributed by atoms with Gasteiger partial charge in [0.05, 0.1) is 0 Å². The molecule has 0 N–H and O–H groups in total. The van der Waals surface area contributed by atoms with Crippen molar-refractivity contribution in [2.45, 2.75) is 54.4 Å². The van der Waals surface area contributed by atoms with Gasteiger partial charge in [0.2, 0.25) is 0 Å². The van der Waals surface area contributed by atoms with Crippen molar-refractivity contribution in [1.29, 1.82) is 0 Å². The molecule has 2 rings (SSSR count). The molecule has 2 bridgehead atoms. The van der Waals surface area contributed by atoms with Crippen molar-refractivity contribution in [3.63, 3.8) is 0 Å².